The fourth-order valence-electron chi connectivity index (χ4n) is 5.91. The Hall–Kier alpha value is -4.21. The summed E-state index contributed by atoms with van der Waals surface area (Å²) in [5, 5.41) is 2.30. The van der Waals surface area contributed by atoms with Crippen LogP contribution in [0.15, 0.2) is 97.5 Å². The van der Waals surface area contributed by atoms with E-state index >= 15 is 0 Å². The van der Waals surface area contributed by atoms with Gasteiger partial charge in [0.2, 0.25) is 0 Å². The number of fused-ring (bicyclic) bond motifs is 4. The molecule has 0 unspecified atom stereocenters. The van der Waals surface area contributed by atoms with Crippen molar-refractivity contribution in [2.45, 2.75) is 52.4 Å². The average molecular weight is 773 g/mol. The molecule has 0 radical (unpaired) electrons. The van der Waals surface area contributed by atoms with Crippen molar-refractivity contribution in [3.8, 4) is 23.0 Å². The van der Waals surface area contributed by atoms with Crippen LogP contribution in [-0.4, -0.2) is 18.7 Å². The van der Waals surface area contributed by atoms with Gasteiger partial charge in [-0.1, -0.05) is 65.3 Å². The number of imidazole rings is 1. The third-order valence-corrected chi connectivity index (χ3v) is 8.40. The second-order valence-corrected chi connectivity index (χ2v) is 13.6. The normalized spacial score (nSPS) is 12.2. The van der Waals surface area contributed by atoms with Crippen molar-refractivity contribution in [3.05, 3.63) is 121 Å². The molecule has 6 heteroatoms. The third kappa shape index (κ3) is 5.59. The zero-order valence-electron chi connectivity index (χ0n) is 26.8. The van der Waals surface area contributed by atoms with Crippen LogP contribution in [0, 0.1) is 12.1 Å². The molecule has 0 aliphatic rings. The van der Waals surface area contributed by atoms with Crippen LogP contribution in [0.1, 0.15) is 52.7 Å². The zero-order chi connectivity index (χ0) is 30.8. The van der Waals surface area contributed by atoms with Crippen molar-refractivity contribution in [3.63, 3.8) is 0 Å². The SMILES string of the molecule is Cn1[cH+]n(-c2[c-]c(Oc3[c-]c4c(cc3)c3cc(C(C)(C)C)ccc3n4-c3cc(C(C)(C)C)ccn3)ccc2)c2ccccc21.[Pt]. The summed E-state index contributed by atoms with van der Waals surface area (Å²) >= 11 is 0. The van der Waals surface area contributed by atoms with Crippen molar-refractivity contribution in [2.24, 2.45) is 7.05 Å². The van der Waals surface area contributed by atoms with Crippen LogP contribution in [0.4, 0.5) is 0 Å². The molecule has 230 valence electrons. The van der Waals surface area contributed by atoms with Crippen LogP contribution < -0.4 is 4.74 Å². The molecule has 4 aromatic carbocycles. The maximum absolute atomic E-state index is 6.45. The molecule has 0 fully saturated rings. The van der Waals surface area contributed by atoms with E-state index in [1.165, 1.54) is 16.5 Å². The summed E-state index contributed by atoms with van der Waals surface area (Å²) in [5.74, 6) is 2.13. The summed E-state index contributed by atoms with van der Waals surface area (Å²) in [6.45, 7) is 13.4. The van der Waals surface area contributed by atoms with Crippen molar-refractivity contribution < 1.29 is 25.8 Å². The number of pyridine rings is 1. The van der Waals surface area contributed by atoms with E-state index in [9.17, 15) is 0 Å². The minimum Gasteiger partial charge on any atom is -0.508 e. The maximum atomic E-state index is 6.45. The molecular weight excluding hydrogens is 736 g/mol. The van der Waals surface area contributed by atoms with E-state index in [-0.39, 0.29) is 31.9 Å². The van der Waals surface area contributed by atoms with Crippen LogP contribution in [0.2, 0.25) is 0 Å². The fraction of sp³-hybridized carbons (Fsp3) is 0.231. The number of hydrogen-bond acceptors (Lipinski definition) is 2. The molecule has 0 N–H and O–H groups in total. The second-order valence-electron chi connectivity index (χ2n) is 13.6. The molecule has 5 nitrogen and oxygen atoms in total. The largest absolute Gasteiger partial charge is 0.508 e. The Balaban J connectivity index is 0.00000357. The van der Waals surface area contributed by atoms with E-state index in [0.29, 0.717) is 11.5 Å². The van der Waals surface area contributed by atoms with E-state index in [1.54, 1.807) is 0 Å². The summed E-state index contributed by atoms with van der Waals surface area (Å²) in [6.07, 6.45) is 3.98. The first-order valence-corrected chi connectivity index (χ1v) is 15.1. The first-order valence-electron chi connectivity index (χ1n) is 15.1. The predicted molar refractivity (Wildman–Crippen MR) is 180 cm³/mol. The van der Waals surface area contributed by atoms with E-state index in [0.717, 1.165) is 39.0 Å². The molecule has 0 bridgehead atoms. The molecule has 0 aliphatic carbocycles. The van der Waals surface area contributed by atoms with Gasteiger partial charge in [0.25, 0.3) is 0 Å². The first kappa shape index (κ1) is 30.8. The van der Waals surface area contributed by atoms with Gasteiger partial charge < -0.3 is 9.30 Å². The molecule has 0 spiro atoms. The minimum absolute atomic E-state index is 0. The predicted octanol–water partition coefficient (Wildman–Crippen LogP) is 9.73. The minimum atomic E-state index is -0.00319. The van der Waals surface area contributed by atoms with Gasteiger partial charge in [-0.25, -0.2) is 14.1 Å². The van der Waals surface area contributed by atoms with Crippen LogP contribution in [0.5, 0.6) is 11.5 Å². The zero-order valence-corrected chi connectivity index (χ0v) is 29.0. The summed E-state index contributed by atoms with van der Waals surface area (Å²) < 4.78 is 12.9. The molecule has 0 saturated carbocycles. The number of para-hydroxylation sites is 2. The van der Waals surface area contributed by atoms with Gasteiger partial charge in [-0.2, -0.15) is 12.1 Å². The Kier molecular flexibility index (Phi) is 7.73. The number of rotatable bonds is 4. The van der Waals surface area contributed by atoms with E-state index in [2.05, 4.69) is 141 Å². The van der Waals surface area contributed by atoms with Crippen LogP contribution in [0.3, 0.4) is 0 Å². The fourth-order valence-corrected chi connectivity index (χ4v) is 5.91. The third-order valence-electron chi connectivity index (χ3n) is 8.40. The smallest absolute Gasteiger partial charge is 0.188 e. The van der Waals surface area contributed by atoms with Crippen LogP contribution >= 0.6 is 0 Å². The molecule has 7 rings (SSSR count). The number of hydrogen-bond donors (Lipinski definition) is 0. The summed E-state index contributed by atoms with van der Waals surface area (Å²) in [4.78, 5) is 4.84. The van der Waals surface area contributed by atoms with Crippen molar-refractivity contribution in [1.82, 2.24) is 18.7 Å². The monoisotopic (exact) mass is 772 g/mol. The average Bonchev–Trinajstić information content (AvgIpc) is 3.50. The topological polar surface area (TPSA) is 36.9 Å². The number of aromatic nitrogens is 4. The Bertz CT molecular complexity index is 2190. The van der Waals surface area contributed by atoms with Gasteiger partial charge in [0.1, 0.15) is 5.82 Å². The van der Waals surface area contributed by atoms with Gasteiger partial charge in [0, 0.05) is 69.1 Å². The van der Waals surface area contributed by atoms with Crippen LogP contribution in [-0.2, 0) is 38.9 Å². The molecule has 45 heavy (non-hydrogen) atoms. The van der Waals surface area contributed by atoms with Gasteiger partial charge in [0.05, 0.1) is 0 Å². The van der Waals surface area contributed by atoms with Gasteiger partial charge in [-0.3, -0.25) is 0 Å². The molecule has 3 heterocycles. The Morgan fingerprint density at radius 2 is 1.40 bits per heavy atom. The van der Waals surface area contributed by atoms with E-state index in [1.807, 2.05) is 30.5 Å². The summed E-state index contributed by atoms with van der Waals surface area (Å²) in [5.41, 5.74) is 7.75. The quantitative estimate of drug-likeness (QED) is 0.167. The van der Waals surface area contributed by atoms with Gasteiger partial charge >= 0.3 is 0 Å². The van der Waals surface area contributed by atoms with Crippen LogP contribution in [0.25, 0.3) is 44.3 Å². The Morgan fingerprint density at radius 3 is 2.16 bits per heavy atom. The van der Waals surface area contributed by atoms with Gasteiger partial charge in [0.15, 0.2) is 17.4 Å². The second kappa shape index (κ2) is 11.3. The summed E-state index contributed by atoms with van der Waals surface area (Å²) in [7, 11) is 2.05. The van der Waals surface area contributed by atoms with E-state index < -0.39 is 0 Å². The molecular formula is C39H37N4OPt-. The van der Waals surface area contributed by atoms with Crippen molar-refractivity contribution >= 4 is 32.8 Å². The molecule has 0 saturated heterocycles. The van der Waals surface area contributed by atoms with Crippen molar-refractivity contribution in [1.29, 1.82) is 0 Å². The van der Waals surface area contributed by atoms with Gasteiger partial charge in [-0.15, -0.1) is 29.7 Å². The first-order chi connectivity index (χ1) is 21.0. The molecule has 0 amide bonds. The van der Waals surface area contributed by atoms with Gasteiger partial charge in [-0.05, 0) is 57.7 Å². The Labute approximate surface area is 279 Å². The maximum Gasteiger partial charge on any atom is 0.188 e. The molecule has 0 aliphatic heterocycles. The summed E-state index contributed by atoms with van der Waals surface area (Å²) in [6, 6.07) is 36.6. The number of benzene rings is 4. The number of nitrogens with zero attached hydrogens (tertiary/aromatic N) is 4. The molecule has 7 aromatic rings. The molecule has 3 aromatic heterocycles. The number of ether oxygens (including phenoxy) is 1. The van der Waals surface area contributed by atoms with Crippen molar-refractivity contribution in [2.75, 3.05) is 0 Å². The number of aryl methyl sites for hydroxylation is 1. The standard InChI is InChI=1S/C39H37N4O.Pt/c1-38(2,3)26-15-18-33-32(21-26)31-17-16-30(24-36(31)43(33)37-22-27(19-20-40-37)39(4,5)6)44-29-12-10-11-28(23-29)42-25-41(7)34-13-8-9-14-35(34)42;/h8-22,25H,1-7H3;/q-1;. The van der Waals surface area contributed by atoms with E-state index in [4.69, 9.17) is 9.72 Å². The Morgan fingerprint density at radius 1 is 0.689 bits per heavy atom. The molecule has 0 atom stereocenters.